The largest absolute Gasteiger partial charge is 0.345 e. The number of carbonyl (C=O) groups is 2. The summed E-state index contributed by atoms with van der Waals surface area (Å²) in [6, 6.07) is 9.69. The van der Waals surface area contributed by atoms with Crippen LogP contribution >= 0.6 is 0 Å². The molecule has 4 aliphatic carbocycles. The fourth-order valence-corrected chi connectivity index (χ4v) is 6.37. The molecule has 0 aliphatic heterocycles. The molecule has 4 saturated carbocycles. The number of hydrogen-bond donors (Lipinski definition) is 2. The SMILES string of the molecule is Cc1cccc(C(=O)NC23CC4CC(C2)CC(NC(=O)c2cccc(F)n2)(C4)C3)n1. The van der Waals surface area contributed by atoms with E-state index in [4.69, 9.17) is 0 Å². The van der Waals surface area contributed by atoms with Crippen LogP contribution < -0.4 is 10.6 Å². The number of nitrogens with one attached hydrogen (secondary N) is 2. The standard InChI is InChI=1S/C23H25FN4O2/c1-14-4-2-5-17(25-14)20(29)27-22-9-15-8-16(10-22)12-23(11-15,13-22)28-21(30)18-6-3-7-19(24)26-18/h2-7,15-16H,8-13H2,1H3,(H,27,29)(H,28,30). The normalized spacial score (nSPS) is 31.4. The first-order valence-electron chi connectivity index (χ1n) is 10.6. The number of nitrogens with zero attached hydrogens (tertiary/aromatic N) is 2. The molecule has 4 fully saturated rings. The Bertz CT molecular complexity index is 932. The third-order valence-corrected chi connectivity index (χ3v) is 6.89. The van der Waals surface area contributed by atoms with Crippen molar-refractivity contribution in [3.63, 3.8) is 0 Å². The zero-order valence-corrected chi connectivity index (χ0v) is 17.0. The highest BCUT2D eigenvalue weighted by atomic mass is 19.1. The summed E-state index contributed by atoms with van der Waals surface area (Å²) in [4.78, 5) is 33.9. The van der Waals surface area contributed by atoms with E-state index in [0.717, 1.165) is 37.8 Å². The van der Waals surface area contributed by atoms with Gasteiger partial charge >= 0.3 is 0 Å². The van der Waals surface area contributed by atoms with Gasteiger partial charge < -0.3 is 10.6 Å². The highest BCUT2D eigenvalue weighted by Gasteiger charge is 2.58. The van der Waals surface area contributed by atoms with Gasteiger partial charge in [0.1, 0.15) is 11.4 Å². The molecule has 2 aromatic rings. The molecular formula is C23H25FN4O2. The first-order valence-corrected chi connectivity index (χ1v) is 10.6. The van der Waals surface area contributed by atoms with Gasteiger partial charge in [-0.15, -0.1) is 0 Å². The summed E-state index contributed by atoms with van der Waals surface area (Å²) < 4.78 is 13.5. The molecule has 4 bridgehead atoms. The van der Waals surface area contributed by atoms with E-state index in [-0.39, 0.29) is 28.6 Å². The summed E-state index contributed by atoms with van der Waals surface area (Å²) >= 11 is 0. The van der Waals surface area contributed by atoms with Crippen LogP contribution in [0.4, 0.5) is 4.39 Å². The van der Waals surface area contributed by atoms with Gasteiger partial charge in [-0.1, -0.05) is 12.1 Å². The van der Waals surface area contributed by atoms with E-state index in [0.29, 0.717) is 24.0 Å². The van der Waals surface area contributed by atoms with Crippen molar-refractivity contribution < 1.29 is 14.0 Å². The number of hydrogen-bond acceptors (Lipinski definition) is 4. The highest BCUT2D eigenvalue weighted by Crippen LogP contribution is 2.57. The van der Waals surface area contributed by atoms with Gasteiger partial charge in [0.2, 0.25) is 5.95 Å². The second-order valence-electron chi connectivity index (χ2n) is 9.44. The Morgan fingerprint density at radius 1 is 0.900 bits per heavy atom. The monoisotopic (exact) mass is 408 g/mol. The Labute approximate surface area is 174 Å². The van der Waals surface area contributed by atoms with E-state index in [1.807, 2.05) is 19.1 Å². The number of aromatic nitrogens is 2. The smallest absolute Gasteiger partial charge is 0.270 e. The van der Waals surface area contributed by atoms with Gasteiger partial charge in [0.05, 0.1) is 0 Å². The Balaban J connectivity index is 1.38. The van der Waals surface area contributed by atoms with E-state index in [1.165, 1.54) is 18.2 Å². The maximum atomic E-state index is 13.5. The molecule has 2 aromatic heterocycles. The van der Waals surface area contributed by atoms with Crippen molar-refractivity contribution in [1.82, 2.24) is 20.6 Å². The minimum absolute atomic E-state index is 0.0905. The van der Waals surface area contributed by atoms with Crippen LogP contribution in [0.15, 0.2) is 36.4 Å². The van der Waals surface area contributed by atoms with E-state index >= 15 is 0 Å². The van der Waals surface area contributed by atoms with Gasteiger partial charge in [0.25, 0.3) is 11.8 Å². The first kappa shape index (κ1) is 19.2. The molecule has 2 unspecified atom stereocenters. The van der Waals surface area contributed by atoms with Crippen molar-refractivity contribution in [2.24, 2.45) is 11.8 Å². The first-order chi connectivity index (χ1) is 14.3. The lowest BCUT2D eigenvalue weighted by Crippen LogP contribution is -2.70. The quantitative estimate of drug-likeness (QED) is 0.761. The van der Waals surface area contributed by atoms with Crippen molar-refractivity contribution >= 4 is 11.8 Å². The second-order valence-corrected chi connectivity index (χ2v) is 9.44. The van der Waals surface area contributed by atoms with Gasteiger partial charge in [-0.2, -0.15) is 4.39 Å². The molecule has 0 aromatic carbocycles. The molecule has 2 heterocycles. The minimum Gasteiger partial charge on any atom is -0.345 e. The van der Waals surface area contributed by atoms with Crippen molar-refractivity contribution in [3.8, 4) is 0 Å². The third-order valence-electron chi connectivity index (χ3n) is 6.89. The number of halogens is 1. The number of aryl methyl sites for hydroxylation is 1. The van der Waals surface area contributed by atoms with Crippen LogP contribution in [-0.4, -0.2) is 32.9 Å². The van der Waals surface area contributed by atoms with Crippen LogP contribution in [0.2, 0.25) is 0 Å². The topological polar surface area (TPSA) is 84.0 Å². The fraction of sp³-hybridized carbons (Fsp3) is 0.478. The van der Waals surface area contributed by atoms with Crippen LogP contribution in [0.5, 0.6) is 0 Å². The molecule has 2 amide bonds. The van der Waals surface area contributed by atoms with Crippen molar-refractivity contribution in [2.45, 2.75) is 56.5 Å². The van der Waals surface area contributed by atoms with Crippen LogP contribution in [0.1, 0.15) is 65.2 Å². The molecule has 2 N–H and O–H groups in total. The number of amides is 2. The summed E-state index contributed by atoms with van der Waals surface area (Å²) in [5.41, 5.74) is 0.595. The maximum absolute atomic E-state index is 13.5. The van der Waals surface area contributed by atoms with Gasteiger partial charge in [-0.05, 0) is 81.5 Å². The molecule has 4 aliphatic rings. The zero-order chi connectivity index (χ0) is 20.9. The second kappa shape index (κ2) is 6.86. The summed E-state index contributed by atoms with van der Waals surface area (Å²) in [5, 5.41) is 6.47. The van der Waals surface area contributed by atoms with Crippen molar-refractivity contribution in [2.75, 3.05) is 0 Å². The predicted octanol–water partition coefficient (Wildman–Crippen LogP) is 3.18. The van der Waals surface area contributed by atoms with Crippen LogP contribution in [0, 0.1) is 24.7 Å². The molecule has 6 rings (SSSR count). The van der Waals surface area contributed by atoms with Gasteiger partial charge in [0, 0.05) is 16.8 Å². The summed E-state index contributed by atoms with van der Waals surface area (Å²) in [6.45, 7) is 1.87. The van der Waals surface area contributed by atoms with Crippen LogP contribution in [-0.2, 0) is 0 Å². The molecule has 156 valence electrons. The van der Waals surface area contributed by atoms with Gasteiger partial charge in [-0.3, -0.25) is 9.59 Å². The number of rotatable bonds is 4. The van der Waals surface area contributed by atoms with Crippen LogP contribution in [0.25, 0.3) is 0 Å². The highest BCUT2D eigenvalue weighted by molar-refractivity contribution is 5.93. The van der Waals surface area contributed by atoms with Crippen LogP contribution in [0.3, 0.4) is 0 Å². The summed E-state index contributed by atoms with van der Waals surface area (Å²) in [6.07, 6.45) is 5.46. The molecule has 0 radical (unpaired) electrons. The molecule has 6 nitrogen and oxygen atoms in total. The molecule has 0 spiro atoms. The van der Waals surface area contributed by atoms with E-state index < -0.39 is 5.95 Å². The molecule has 2 atom stereocenters. The van der Waals surface area contributed by atoms with Gasteiger partial charge in [-0.25, -0.2) is 9.97 Å². The average Bonchev–Trinajstić information content (AvgIpc) is 2.66. The number of carbonyl (C=O) groups excluding carboxylic acids is 2. The van der Waals surface area contributed by atoms with E-state index in [2.05, 4.69) is 20.6 Å². The van der Waals surface area contributed by atoms with Gasteiger partial charge in [0.15, 0.2) is 0 Å². The van der Waals surface area contributed by atoms with E-state index in [9.17, 15) is 14.0 Å². The zero-order valence-electron chi connectivity index (χ0n) is 17.0. The average molecular weight is 408 g/mol. The predicted molar refractivity (Wildman–Crippen MR) is 108 cm³/mol. The Morgan fingerprint density at radius 2 is 1.43 bits per heavy atom. The maximum Gasteiger partial charge on any atom is 0.270 e. The lowest BCUT2D eigenvalue weighted by atomic mass is 9.49. The lowest BCUT2D eigenvalue weighted by molar-refractivity contribution is -0.0449. The molecule has 0 saturated heterocycles. The van der Waals surface area contributed by atoms with Crippen molar-refractivity contribution in [1.29, 1.82) is 0 Å². The molecular weight excluding hydrogens is 383 g/mol. The Kier molecular flexibility index (Phi) is 4.38. The molecule has 7 heteroatoms. The van der Waals surface area contributed by atoms with E-state index in [1.54, 1.807) is 6.07 Å². The minimum atomic E-state index is -0.664. The third kappa shape index (κ3) is 3.46. The number of pyridine rings is 2. The Morgan fingerprint density at radius 3 is 1.97 bits per heavy atom. The summed E-state index contributed by atoms with van der Waals surface area (Å²) in [5.74, 6) is -0.259. The summed E-state index contributed by atoms with van der Waals surface area (Å²) in [7, 11) is 0. The van der Waals surface area contributed by atoms with Crippen molar-refractivity contribution in [3.05, 3.63) is 59.4 Å². The fourth-order valence-electron chi connectivity index (χ4n) is 6.37. The Hall–Kier alpha value is -2.83. The lowest BCUT2D eigenvalue weighted by Gasteiger charge is -2.62. The molecule has 30 heavy (non-hydrogen) atoms.